The van der Waals surface area contributed by atoms with Gasteiger partial charge in [0.05, 0.1) is 15.2 Å². The highest BCUT2D eigenvalue weighted by Crippen LogP contribution is 2.35. The van der Waals surface area contributed by atoms with Crippen molar-refractivity contribution in [2.45, 2.75) is 25.3 Å². The molecule has 2 aliphatic rings. The summed E-state index contributed by atoms with van der Waals surface area (Å²) in [5.41, 5.74) is 2.44. The molecule has 1 fully saturated rings. The minimum absolute atomic E-state index is 0.340. The third-order valence-corrected chi connectivity index (χ3v) is 6.29. The van der Waals surface area contributed by atoms with Crippen molar-refractivity contribution in [2.75, 3.05) is 19.9 Å². The average molecular weight is 352 g/mol. The predicted octanol–water partition coefficient (Wildman–Crippen LogP) is 4.40. The van der Waals surface area contributed by atoms with Crippen molar-refractivity contribution in [3.63, 3.8) is 0 Å². The highest BCUT2D eigenvalue weighted by atomic mass is 32.1. The monoisotopic (exact) mass is 352 g/mol. The van der Waals surface area contributed by atoms with E-state index in [4.69, 9.17) is 14.5 Å². The van der Waals surface area contributed by atoms with Gasteiger partial charge in [-0.2, -0.15) is 0 Å². The van der Waals surface area contributed by atoms with Gasteiger partial charge in [0.25, 0.3) is 0 Å². The fraction of sp³-hybridized carbons (Fsp3) is 0.350. The summed E-state index contributed by atoms with van der Waals surface area (Å²) in [5.74, 6) is 2.34. The van der Waals surface area contributed by atoms with Gasteiger partial charge in [0, 0.05) is 12.5 Å². The van der Waals surface area contributed by atoms with Crippen molar-refractivity contribution < 1.29 is 9.47 Å². The van der Waals surface area contributed by atoms with Gasteiger partial charge in [-0.25, -0.2) is 4.98 Å². The quantitative estimate of drug-likeness (QED) is 0.699. The van der Waals surface area contributed by atoms with Crippen LogP contribution < -0.4 is 9.47 Å². The minimum Gasteiger partial charge on any atom is -0.454 e. The molecule has 2 aliphatic heterocycles. The van der Waals surface area contributed by atoms with E-state index in [0.29, 0.717) is 12.7 Å². The molecule has 0 spiro atoms. The Labute approximate surface area is 151 Å². The molecule has 5 rings (SSSR count). The van der Waals surface area contributed by atoms with Gasteiger partial charge < -0.3 is 9.47 Å². The van der Waals surface area contributed by atoms with Crippen LogP contribution in [0.25, 0.3) is 10.2 Å². The fourth-order valence-electron chi connectivity index (χ4n) is 3.70. The zero-order valence-corrected chi connectivity index (χ0v) is 14.8. The molecule has 5 heteroatoms. The predicted molar refractivity (Wildman–Crippen MR) is 99.4 cm³/mol. The summed E-state index contributed by atoms with van der Waals surface area (Å²) in [5, 5.41) is 1.31. The van der Waals surface area contributed by atoms with E-state index in [2.05, 4.69) is 41.3 Å². The molecule has 0 unspecified atom stereocenters. The van der Waals surface area contributed by atoms with E-state index in [-0.39, 0.29) is 0 Å². The Hall–Kier alpha value is -2.11. The van der Waals surface area contributed by atoms with Gasteiger partial charge in [0.2, 0.25) is 6.79 Å². The molecule has 3 heterocycles. The average Bonchev–Trinajstić information content (AvgIpc) is 3.28. The van der Waals surface area contributed by atoms with E-state index in [0.717, 1.165) is 36.6 Å². The van der Waals surface area contributed by atoms with Crippen LogP contribution in [0.4, 0.5) is 0 Å². The standard InChI is InChI=1S/C20H20N2O2S/c1-2-4-19-16(3-1)21-20(25-19)15-7-9-22(10-8-15)12-14-5-6-17-18(11-14)24-13-23-17/h1-6,11,15H,7-10,12-13H2. The maximum atomic E-state index is 5.48. The van der Waals surface area contributed by atoms with Crippen LogP contribution in [0.1, 0.15) is 29.3 Å². The van der Waals surface area contributed by atoms with Crippen molar-refractivity contribution >= 4 is 21.6 Å². The van der Waals surface area contributed by atoms with Crippen LogP contribution >= 0.6 is 11.3 Å². The lowest BCUT2D eigenvalue weighted by Crippen LogP contribution is -2.32. The van der Waals surface area contributed by atoms with Gasteiger partial charge in [0.15, 0.2) is 11.5 Å². The molecular formula is C20H20N2O2S. The first kappa shape index (κ1) is 15.2. The van der Waals surface area contributed by atoms with E-state index < -0.39 is 0 Å². The molecule has 0 saturated carbocycles. The molecule has 1 saturated heterocycles. The normalized spacial score (nSPS) is 18.1. The van der Waals surface area contributed by atoms with Gasteiger partial charge in [-0.1, -0.05) is 18.2 Å². The largest absolute Gasteiger partial charge is 0.454 e. The molecule has 0 amide bonds. The smallest absolute Gasteiger partial charge is 0.231 e. The summed E-state index contributed by atoms with van der Waals surface area (Å²) in [6.07, 6.45) is 2.37. The Kier molecular flexibility index (Phi) is 3.83. The molecule has 4 nitrogen and oxygen atoms in total. The van der Waals surface area contributed by atoms with Crippen LogP contribution in [0.3, 0.4) is 0 Å². The maximum Gasteiger partial charge on any atom is 0.231 e. The second-order valence-corrected chi connectivity index (χ2v) is 7.82. The summed E-state index contributed by atoms with van der Waals surface area (Å²) >= 11 is 1.86. The second kappa shape index (κ2) is 6.32. The molecule has 0 atom stereocenters. The second-order valence-electron chi connectivity index (χ2n) is 6.76. The number of rotatable bonds is 3. The zero-order chi connectivity index (χ0) is 16.6. The maximum absolute atomic E-state index is 5.48. The van der Waals surface area contributed by atoms with Crippen LogP contribution in [-0.4, -0.2) is 29.8 Å². The van der Waals surface area contributed by atoms with Crippen LogP contribution in [0.15, 0.2) is 42.5 Å². The number of benzene rings is 2. The van der Waals surface area contributed by atoms with Gasteiger partial charge in [-0.05, 0) is 55.8 Å². The molecule has 3 aromatic rings. The number of ether oxygens (including phenoxy) is 2. The van der Waals surface area contributed by atoms with E-state index in [1.165, 1.54) is 28.1 Å². The Morgan fingerprint density at radius 1 is 1.04 bits per heavy atom. The number of aromatic nitrogens is 1. The number of fused-ring (bicyclic) bond motifs is 2. The van der Waals surface area contributed by atoms with Gasteiger partial charge in [-0.15, -0.1) is 11.3 Å². The van der Waals surface area contributed by atoms with E-state index in [1.54, 1.807) is 0 Å². The summed E-state index contributed by atoms with van der Waals surface area (Å²) in [4.78, 5) is 7.38. The van der Waals surface area contributed by atoms with Crippen LogP contribution in [0, 0.1) is 0 Å². The first-order chi connectivity index (χ1) is 12.3. The van der Waals surface area contributed by atoms with Crippen molar-refractivity contribution in [1.29, 1.82) is 0 Å². The van der Waals surface area contributed by atoms with Crippen molar-refractivity contribution in [2.24, 2.45) is 0 Å². The Balaban J connectivity index is 1.23. The summed E-state index contributed by atoms with van der Waals surface area (Å²) < 4.78 is 12.2. The van der Waals surface area contributed by atoms with Gasteiger partial charge in [0.1, 0.15) is 0 Å². The number of hydrogen-bond acceptors (Lipinski definition) is 5. The van der Waals surface area contributed by atoms with Crippen molar-refractivity contribution in [3.05, 3.63) is 53.0 Å². The third kappa shape index (κ3) is 2.98. The molecular weight excluding hydrogens is 332 g/mol. The number of likely N-dealkylation sites (tertiary alicyclic amines) is 1. The SMILES string of the molecule is c1ccc2sc(C3CCN(Cc4ccc5c(c4)OCO5)CC3)nc2c1. The molecule has 0 aliphatic carbocycles. The zero-order valence-electron chi connectivity index (χ0n) is 14.0. The molecule has 0 bridgehead atoms. The number of piperidine rings is 1. The van der Waals surface area contributed by atoms with Crippen molar-refractivity contribution in [1.82, 2.24) is 9.88 Å². The Bertz CT molecular complexity index is 867. The number of para-hydroxylation sites is 1. The molecule has 1 aromatic heterocycles. The number of hydrogen-bond donors (Lipinski definition) is 0. The fourth-order valence-corrected chi connectivity index (χ4v) is 4.84. The van der Waals surface area contributed by atoms with E-state index in [9.17, 15) is 0 Å². The highest BCUT2D eigenvalue weighted by Gasteiger charge is 2.24. The first-order valence-corrected chi connectivity index (χ1v) is 9.63. The topological polar surface area (TPSA) is 34.6 Å². The third-order valence-electron chi connectivity index (χ3n) is 5.09. The highest BCUT2D eigenvalue weighted by molar-refractivity contribution is 7.18. The first-order valence-electron chi connectivity index (χ1n) is 8.81. The molecule has 2 aromatic carbocycles. The summed E-state index contributed by atoms with van der Waals surface area (Å²) in [7, 11) is 0. The summed E-state index contributed by atoms with van der Waals surface area (Å²) in [6, 6.07) is 14.7. The van der Waals surface area contributed by atoms with E-state index >= 15 is 0 Å². The van der Waals surface area contributed by atoms with Crippen LogP contribution in [-0.2, 0) is 6.54 Å². The lowest BCUT2D eigenvalue weighted by atomic mass is 9.97. The van der Waals surface area contributed by atoms with Crippen molar-refractivity contribution in [3.8, 4) is 11.5 Å². The van der Waals surface area contributed by atoms with Crippen LogP contribution in [0.5, 0.6) is 11.5 Å². The summed E-state index contributed by atoms with van der Waals surface area (Å²) in [6.45, 7) is 3.56. The minimum atomic E-state index is 0.340. The lowest BCUT2D eigenvalue weighted by Gasteiger charge is -2.31. The van der Waals surface area contributed by atoms with Gasteiger partial charge >= 0.3 is 0 Å². The molecule has 128 valence electrons. The lowest BCUT2D eigenvalue weighted by molar-refractivity contribution is 0.173. The van der Waals surface area contributed by atoms with E-state index in [1.807, 2.05) is 17.4 Å². The van der Waals surface area contributed by atoms with Crippen LogP contribution in [0.2, 0.25) is 0 Å². The number of thiazole rings is 1. The Morgan fingerprint density at radius 3 is 2.76 bits per heavy atom. The molecule has 0 N–H and O–H groups in total. The number of nitrogens with zero attached hydrogens (tertiary/aromatic N) is 2. The Morgan fingerprint density at radius 2 is 1.88 bits per heavy atom. The van der Waals surface area contributed by atoms with Gasteiger partial charge in [-0.3, -0.25) is 4.90 Å². The molecule has 0 radical (unpaired) electrons. The molecule has 25 heavy (non-hydrogen) atoms.